The van der Waals surface area contributed by atoms with Gasteiger partial charge in [0.15, 0.2) is 42.7 Å². The number of unbranched alkanes of at least 4 members (excludes halogenated alkanes) is 28. The van der Waals surface area contributed by atoms with E-state index in [-0.39, 0.29) is 12.8 Å². The van der Waals surface area contributed by atoms with Crippen LogP contribution in [-0.4, -0.2) is 103 Å². The summed E-state index contributed by atoms with van der Waals surface area (Å²) in [5.74, 6) is -1.29. The van der Waals surface area contributed by atoms with Gasteiger partial charge in [0.05, 0.1) is 36.8 Å². The fraction of sp³-hybridized carbons (Fsp3) is 0.589. The van der Waals surface area contributed by atoms with Crippen LogP contribution in [0.5, 0.6) is 0 Å². The standard InChI is InChI=1S/C90H132N5O18P/c1-8-10-12-14-16-18-20-22-24-26-28-30-32-34-51-63-78(96)105-65-77(107-79(97)64-52-35-33-31-29-27-25-23-21-19-17-15-13-11-9-2)66-106-114(103,104)113-85-83(111-89(101)94-70(6)75-59-47-39-48-60-75)81(109-87(99)92-68(4)73-55-43-37-44-56-73)80(108-86(98)91-67(3)72-53-41-36-42-54-72)82(110-88(100)93-69(5)74-57-45-38-46-58-74)84(85)112-90(102)95-71(7)76-61-49-40-50-62-76/h36-50,53-62,67-71,77,80-85H,8-35,51-52,63-66H2,1-7H3,(H,91,98)(H,92,99)(H,93,100)(H,94,101)(H,95,102)(H,103,104)/t67-,68-,69-,70-,71-,77-,80?,81-,82+,83+,84+,85?/m1/s1. The van der Waals surface area contributed by atoms with E-state index < -0.39 is 136 Å². The third-order valence-electron chi connectivity index (χ3n) is 20.7. The van der Waals surface area contributed by atoms with Crippen LogP contribution in [0.4, 0.5) is 24.0 Å². The number of hydrogen-bond donors (Lipinski definition) is 6. The van der Waals surface area contributed by atoms with Crippen molar-refractivity contribution < 1.29 is 85.2 Å². The second kappa shape index (κ2) is 55.1. The maximum Gasteiger partial charge on any atom is 0.472 e. The number of nitrogens with one attached hydrogen (secondary N) is 5. The molecule has 5 aromatic rings. The molecule has 13 atom stereocenters. The maximum absolute atomic E-state index is 15.4. The van der Waals surface area contributed by atoms with Crippen molar-refractivity contribution in [2.75, 3.05) is 13.2 Å². The molecule has 1 fully saturated rings. The van der Waals surface area contributed by atoms with Crippen molar-refractivity contribution in [3.8, 4) is 0 Å². The average Bonchev–Trinajstić information content (AvgIpc) is 0.751. The average molecular weight is 1600 g/mol. The molecule has 1 saturated carbocycles. The molecule has 1 aliphatic carbocycles. The van der Waals surface area contributed by atoms with Crippen molar-refractivity contribution in [3.05, 3.63) is 179 Å². The highest BCUT2D eigenvalue weighted by Crippen LogP contribution is 2.49. The molecule has 3 unspecified atom stereocenters. The van der Waals surface area contributed by atoms with Crippen molar-refractivity contribution in [1.82, 2.24) is 26.6 Å². The topological polar surface area (TPSA) is 300 Å². The lowest BCUT2D eigenvalue weighted by Gasteiger charge is -2.47. The Labute approximate surface area is 678 Å². The minimum Gasteiger partial charge on any atom is -0.462 e. The number of carbonyl (C=O) groups is 7. The highest BCUT2D eigenvalue weighted by atomic mass is 31.2. The molecular formula is C90H132N5O18P. The van der Waals surface area contributed by atoms with Crippen LogP contribution >= 0.6 is 7.82 Å². The van der Waals surface area contributed by atoms with Gasteiger partial charge in [-0.1, -0.05) is 345 Å². The summed E-state index contributed by atoms with van der Waals surface area (Å²) in [6.07, 6.45) is 12.4. The van der Waals surface area contributed by atoms with Crippen molar-refractivity contribution >= 4 is 50.2 Å². The van der Waals surface area contributed by atoms with Crippen molar-refractivity contribution in [2.45, 2.75) is 327 Å². The largest absolute Gasteiger partial charge is 0.472 e. The minimum absolute atomic E-state index is 0.0320. The van der Waals surface area contributed by atoms with Gasteiger partial charge in [0.1, 0.15) is 6.61 Å². The summed E-state index contributed by atoms with van der Waals surface area (Å²) in [7, 11) is -5.85. The quantitative estimate of drug-likeness (QED) is 0.00912. The lowest BCUT2D eigenvalue weighted by atomic mass is 9.84. The zero-order valence-corrected chi connectivity index (χ0v) is 69.6. The molecule has 0 bridgehead atoms. The predicted molar refractivity (Wildman–Crippen MR) is 442 cm³/mol. The number of ether oxygens (including phenoxy) is 7. The van der Waals surface area contributed by atoms with Crippen LogP contribution in [0, 0.1) is 0 Å². The molecule has 5 amide bonds. The van der Waals surface area contributed by atoms with Gasteiger partial charge in [-0.25, -0.2) is 28.5 Å². The normalized spacial score (nSPS) is 18.0. The number of alkyl carbamates (subject to hydrolysis) is 5. The molecule has 0 aromatic heterocycles. The fourth-order valence-electron chi connectivity index (χ4n) is 14.0. The van der Waals surface area contributed by atoms with Crippen molar-refractivity contribution in [2.24, 2.45) is 0 Å². The summed E-state index contributed by atoms with van der Waals surface area (Å²) in [6, 6.07) is 39.8. The Kier molecular flexibility index (Phi) is 45.6. The van der Waals surface area contributed by atoms with Crippen LogP contribution in [0.15, 0.2) is 152 Å². The first-order chi connectivity index (χ1) is 55.2. The molecule has 23 nitrogen and oxygen atoms in total. The molecule has 24 heteroatoms. The van der Waals surface area contributed by atoms with Crippen LogP contribution in [0.1, 0.15) is 312 Å². The third-order valence-corrected chi connectivity index (χ3v) is 21.7. The molecule has 0 saturated heterocycles. The van der Waals surface area contributed by atoms with E-state index in [0.717, 1.165) is 57.8 Å². The van der Waals surface area contributed by atoms with Gasteiger partial charge >= 0.3 is 50.2 Å². The third kappa shape index (κ3) is 37.8. The van der Waals surface area contributed by atoms with Gasteiger partial charge in [-0.05, 0) is 75.3 Å². The molecule has 0 radical (unpaired) electrons. The number of hydrogen-bond acceptors (Lipinski definition) is 17. The Hall–Kier alpha value is -8.50. The summed E-state index contributed by atoms with van der Waals surface area (Å²) >= 11 is 0. The van der Waals surface area contributed by atoms with E-state index in [1.165, 1.54) is 122 Å². The van der Waals surface area contributed by atoms with Gasteiger partial charge in [0.2, 0.25) is 0 Å². The number of phosphoric ester groups is 1. The molecule has 1 aliphatic rings. The Morgan fingerprint density at radius 3 is 0.781 bits per heavy atom. The van der Waals surface area contributed by atoms with Gasteiger partial charge in [-0.15, -0.1) is 0 Å². The molecule has 630 valence electrons. The fourth-order valence-corrected chi connectivity index (χ4v) is 14.9. The first-order valence-electron chi connectivity index (χ1n) is 42.3. The van der Waals surface area contributed by atoms with Gasteiger partial charge in [0, 0.05) is 12.8 Å². The van der Waals surface area contributed by atoms with Crippen molar-refractivity contribution in [1.29, 1.82) is 0 Å². The lowest BCUT2D eigenvalue weighted by molar-refractivity contribution is -0.218. The van der Waals surface area contributed by atoms with Crippen LogP contribution in [0.2, 0.25) is 0 Å². The minimum atomic E-state index is -5.85. The van der Waals surface area contributed by atoms with Crippen LogP contribution in [-0.2, 0) is 56.4 Å². The first-order valence-corrected chi connectivity index (χ1v) is 43.8. The van der Waals surface area contributed by atoms with E-state index in [2.05, 4.69) is 40.4 Å². The number of esters is 2. The monoisotopic (exact) mass is 1600 g/mol. The number of carbonyl (C=O) groups excluding carboxylic acids is 7. The van der Waals surface area contributed by atoms with Gasteiger partial charge in [-0.3, -0.25) is 18.6 Å². The summed E-state index contributed by atoms with van der Waals surface area (Å²) in [4.78, 5) is 114. The second-order valence-corrected chi connectivity index (χ2v) is 31.7. The van der Waals surface area contributed by atoms with Gasteiger partial charge < -0.3 is 64.6 Å². The first kappa shape index (κ1) is 94.4. The Morgan fingerprint density at radius 2 is 0.535 bits per heavy atom. The van der Waals surface area contributed by atoms with E-state index >= 15 is 4.57 Å². The van der Waals surface area contributed by atoms with Crippen LogP contribution in [0.3, 0.4) is 0 Å². The highest BCUT2D eigenvalue weighted by molar-refractivity contribution is 7.47. The molecule has 0 spiro atoms. The molecule has 0 heterocycles. The molecular weight excluding hydrogens is 1470 g/mol. The second-order valence-electron chi connectivity index (χ2n) is 30.3. The van der Waals surface area contributed by atoms with Gasteiger partial charge in [-0.2, -0.15) is 0 Å². The predicted octanol–water partition coefficient (Wildman–Crippen LogP) is 21.8. The Morgan fingerprint density at radius 1 is 0.316 bits per heavy atom. The summed E-state index contributed by atoms with van der Waals surface area (Å²) < 4.78 is 70.6. The van der Waals surface area contributed by atoms with Crippen LogP contribution in [0.25, 0.3) is 0 Å². The summed E-state index contributed by atoms with van der Waals surface area (Å²) in [5.41, 5.74) is 3.04. The lowest BCUT2D eigenvalue weighted by Crippen LogP contribution is -2.70. The van der Waals surface area contributed by atoms with E-state index in [1.807, 2.05) is 0 Å². The van der Waals surface area contributed by atoms with E-state index in [1.54, 1.807) is 186 Å². The van der Waals surface area contributed by atoms with Crippen molar-refractivity contribution in [3.63, 3.8) is 0 Å². The highest BCUT2D eigenvalue weighted by Gasteiger charge is 2.62. The zero-order valence-electron chi connectivity index (χ0n) is 68.7. The Bertz CT molecular complexity index is 3400. The maximum atomic E-state index is 15.4. The molecule has 114 heavy (non-hydrogen) atoms. The SMILES string of the molecule is CCCCCCCCCCCCCCCCCC(=O)OC[C@H](COP(=O)(O)OC1[C@@H](OC(=O)N[C@H](C)c2ccccc2)[C@H](OC(=O)N[C@H](C)c2ccccc2)C(OC(=O)N[C@H](C)c2ccccc2)[C@H](OC(=O)N[C@H](C)c2ccccc2)[C@@H]1OC(=O)N[C@H](C)c1ccccc1)OC(=O)CCCCCCCCCCCCCCCCC. The molecule has 6 rings (SSSR count). The van der Waals surface area contributed by atoms with Gasteiger partial charge in [0.25, 0.3) is 0 Å². The number of phosphoric acid groups is 1. The molecule has 6 N–H and O–H groups in total. The smallest absolute Gasteiger partial charge is 0.462 e. The number of amides is 5. The summed E-state index contributed by atoms with van der Waals surface area (Å²) in [5, 5.41) is 13.7. The summed E-state index contributed by atoms with van der Waals surface area (Å²) in [6.45, 7) is 11.2. The zero-order chi connectivity index (χ0) is 82.0. The Balaban J connectivity index is 1.35. The van der Waals surface area contributed by atoms with E-state index in [0.29, 0.717) is 40.7 Å². The number of rotatable bonds is 55. The molecule has 5 aromatic carbocycles. The molecule has 0 aliphatic heterocycles. The van der Waals surface area contributed by atoms with E-state index in [9.17, 15) is 38.5 Å². The van der Waals surface area contributed by atoms with E-state index in [4.69, 9.17) is 42.2 Å². The van der Waals surface area contributed by atoms with Crippen LogP contribution < -0.4 is 26.6 Å². The number of benzene rings is 5.